The molecule has 0 amide bonds. The largest absolute Gasteiger partial charge is 0.370 e. The number of anilines is 2. The third-order valence-electron chi connectivity index (χ3n) is 2.85. The molecule has 2 aromatic rings. The Morgan fingerprint density at radius 3 is 2.45 bits per heavy atom. The van der Waals surface area contributed by atoms with Crippen molar-refractivity contribution in [1.82, 2.24) is 19.7 Å². The molecule has 0 aliphatic carbocycles. The van der Waals surface area contributed by atoms with Crippen molar-refractivity contribution in [1.29, 1.82) is 0 Å². The van der Waals surface area contributed by atoms with Crippen LogP contribution < -0.4 is 10.6 Å². The van der Waals surface area contributed by atoms with E-state index in [1.165, 1.54) is 0 Å². The van der Waals surface area contributed by atoms with Crippen molar-refractivity contribution in [2.24, 2.45) is 0 Å². The minimum absolute atomic E-state index is 0.787. The van der Waals surface area contributed by atoms with Crippen LogP contribution in [0.2, 0.25) is 0 Å². The van der Waals surface area contributed by atoms with Crippen molar-refractivity contribution >= 4 is 11.6 Å². The molecule has 0 atom stereocenters. The molecule has 0 spiro atoms. The summed E-state index contributed by atoms with van der Waals surface area (Å²) in [5.41, 5.74) is 0. The fourth-order valence-corrected chi connectivity index (χ4v) is 1.82. The van der Waals surface area contributed by atoms with Crippen LogP contribution >= 0.6 is 0 Å². The number of nitrogens with zero attached hydrogens (tertiary/aromatic N) is 4. The Kier molecular flexibility index (Phi) is 5.34. The molecule has 2 N–H and O–H groups in total. The molecule has 0 aliphatic rings. The second-order valence-electron chi connectivity index (χ2n) is 4.53. The minimum Gasteiger partial charge on any atom is -0.370 e. The quantitative estimate of drug-likeness (QED) is 0.772. The fraction of sp³-hybridized carbons (Fsp3) is 0.500. The van der Waals surface area contributed by atoms with Crippen LogP contribution in [0, 0.1) is 0 Å². The Bertz CT molecular complexity index is 508. The van der Waals surface area contributed by atoms with Gasteiger partial charge in [-0.05, 0) is 12.5 Å². The zero-order chi connectivity index (χ0) is 14.2. The van der Waals surface area contributed by atoms with Crippen LogP contribution in [-0.2, 0) is 13.0 Å². The van der Waals surface area contributed by atoms with Gasteiger partial charge in [0.05, 0.1) is 6.54 Å². The SMILES string of the molecule is CCCNc1cc(NCCn2cccn2)nc(CC)n1. The van der Waals surface area contributed by atoms with Crippen LogP contribution in [0.25, 0.3) is 0 Å². The van der Waals surface area contributed by atoms with Crippen LogP contribution in [0.15, 0.2) is 24.5 Å². The van der Waals surface area contributed by atoms with Gasteiger partial charge in [-0.3, -0.25) is 4.68 Å². The molecule has 0 saturated heterocycles. The lowest BCUT2D eigenvalue weighted by Crippen LogP contribution is -2.13. The van der Waals surface area contributed by atoms with E-state index in [1.54, 1.807) is 6.20 Å². The minimum atomic E-state index is 0.787. The summed E-state index contributed by atoms with van der Waals surface area (Å²) < 4.78 is 1.89. The molecule has 0 bridgehead atoms. The van der Waals surface area contributed by atoms with Gasteiger partial charge in [-0.15, -0.1) is 0 Å². The van der Waals surface area contributed by atoms with E-state index in [0.717, 1.165) is 49.9 Å². The molecule has 2 aromatic heterocycles. The normalized spacial score (nSPS) is 10.5. The lowest BCUT2D eigenvalue weighted by Gasteiger charge is -2.10. The topological polar surface area (TPSA) is 67.7 Å². The Hall–Kier alpha value is -2.11. The van der Waals surface area contributed by atoms with Gasteiger partial charge in [0.1, 0.15) is 17.5 Å². The summed E-state index contributed by atoms with van der Waals surface area (Å²) in [6.45, 7) is 6.72. The summed E-state index contributed by atoms with van der Waals surface area (Å²) >= 11 is 0. The first kappa shape index (κ1) is 14.3. The molecule has 0 unspecified atom stereocenters. The smallest absolute Gasteiger partial charge is 0.132 e. The van der Waals surface area contributed by atoms with Crippen LogP contribution in [0.1, 0.15) is 26.1 Å². The number of hydrogen-bond donors (Lipinski definition) is 2. The predicted octanol–water partition coefficient (Wildman–Crippen LogP) is 2.17. The average Bonchev–Trinajstić information content (AvgIpc) is 2.98. The average molecular weight is 274 g/mol. The van der Waals surface area contributed by atoms with E-state index in [1.807, 2.05) is 23.0 Å². The maximum atomic E-state index is 4.49. The molecular weight excluding hydrogens is 252 g/mol. The summed E-state index contributed by atoms with van der Waals surface area (Å²) in [7, 11) is 0. The first-order valence-electron chi connectivity index (χ1n) is 7.15. The monoisotopic (exact) mass is 274 g/mol. The molecule has 2 rings (SSSR count). The highest BCUT2D eigenvalue weighted by molar-refractivity contribution is 5.47. The molecule has 2 heterocycles. The Morgan fingerprint density at radius 2 is 1.85 bits per heavy atom. The van der Waals surface area contributed by atoms with Crippen LogP contribution in [0.4, 0.5) is 11.6 Å². The maximum Gasteiger partial charge on any atom is 0.132 e. The number of aryl methyl sites for hydroxylation is 1. The van der Waals surface area contributed by atoms with Gasteiger partial charge in [0.2, 0.25) is 0 Å². The van der Waals surface area contributed by atoms with Crippen molar-refractivity contribution in [3.63, 3.8) is 0 Å². The molecule has 20 heavy (non-hydrogen) atoms. The van der Waals surface area contributed by atoms with E-state index in [4.69, 9.17) is 0 Å². The maximum absolute atomic E-state index is 4.49. The van der Waals surface area contributed by atoms with Gasteiger partial charge in [0.15, 0.2) is 0 Å². The second kappa shape index (κ2) is 7.47. The highest BCUT2D eigenvalue weighted by Gasteiger charge is 2.03. The Balaban J connectivity index is 1.94. The van der Waals surface area contributed by atoms with E-state index in [9.17, 15) is 0 Å². The van der Waals surface area contributed by atoms with Crippen LogP contribution in [0.3, 0.4) is 0 Å². The molecule has 0 aromatic carbocycles. The molecule has 6 heteroatoms. The van der Waals surface area contributed by atoms with Crippen LogP contribution in [0.5, 0.6) is 0 Å². The second-order valence-corrected chi connectivity index (χ2v) is 4.53. The van der Waals surface area contributed by atoms with Gasteiger partial charge >= 0.3 is 0 Å². The zero-order valence-corrected chi connectivity index (χ0v) is 12.1. The molecule has 0 radical (unpaired) electrons. The molecule has 0 fully saturated rings. The summed E-state index contributed by atoms with van der Waals surface area (Å²) in [6, 6.07) is 3.88. The van der Waals surface area contributed by atoms with E-state index in [-0.39, 0.29) is 0 Å². The summed E-state index contributed by atoms with van der Waals surface area (Å²) in [6.07, 6.45) is 5.64. The van der Waals surface area contributed by atoms with E-state index in [0.29, 0.717) is 0 Å². The van der Waals surface area contributed by atoms with Crippen LogP contribution in [-0.4, -0.2) is 32.8 Å². The van der Waals surface area contributed by atoms with Gasteiger partial charge < -0.3 is 10.6 Å². The molecular formula is C14H22N6. The van der Waals surface area contributed by atoms with Crippen molar-refractivity contribution in [2.45, 2.75) is 33.2 Å². The third kappa shape index (κ3) is 4.22. The highest BCUT2D eigenvalue weighted by atomic mass is 15.3. The highest BCUT2D eigenvalue weighted by Crippen LogP contribution is 2.11. The van der Waals surface area contributed by atoms with Crippen molar-refractivity contribution in [2.75, 3.05) is 23.7 Å². The van der Waals surface area contributed by atoms with Crippen molar-refractivity contribution in [3.05, 3.63) is 30.4 Å². The summed E-state index contributed by atoms with van der Waals surface area (Å²) in [5, 5.41) is 10.8. The number of aromatic nitrogens is 4. The van der Waals surface area contributed by atoms with E-state index in [2.05, 4.69) is 39.5 Å². The Labute approximate surface area is 119 Å². The first-order valence-corrected chi connectivity index (χ1v) is 7.15. The third-order valence-corrected chi connectivity index (χ3v) is 2.85. The van der Waals surface area contributed by atoms with Gasteiger partial charge in [-0.1, -0.05) is 13.8 Å². The van der Waals surface area contributed by atoms with E-state index < -0.39 is 0 Å². The lowest BCUT2D eigenvalue weighted by molar-refractivity contribution is 0.637. The van der Waals surface area contributed by atoms with Gasteiger partial charge in [-0.2, -0.15) is 5.10 Å². The standard InChI is InChI=1S/C14H22N6/c1-3-6-15-13-11-14(19-12(4-2)18-13)16-8-10-20-9-5-7-17-20/h5,7,9,11H,3-4,6,8,10H2,1-2H3,(H2,15,16,18,19). The van der Waals surface area contributed by atoms with Crippen molar-refractivity contribution < 1.29 is 0 Å². The zero-order valence-electron chi connectivity index (χ0n) is 12.1. The molecule has 0 aliphatic heterocycles. The first-order chi connectivity index (χ1) is 9.81. The number of hydrogen-bond acceptors (Lipinski definition) is 5. The summed E-state index contributed by atoms with van der Waals surface area (Å²) in [4.78, 5) is 8.95. The molecule has 0 saturated carbocycles. The lowest BCUT2D eigenvalue weighted by atomic mass is 10.4. The number of rotatable bonds is 8. The predicted molar refractivity (Wildman–Crippen MR) is 80.9 cm³/mol. The van der Waals surface area contributed by atoms with Crippen molar-refractivity contribution in [3.8, 4) is 0 Å². The fourth-order valence-electron chi connectivity index (χ4n) is 1.82. The number of nitrogens with one attached hydrogen (secondary N) is 2. The Morgan fingerprint density at radius 1 is 1.10 bits per heavy atom. The van der Waals surface area contributed by atoms with Gasteiger partial charge in [-0.25, -0.2) is 9.97 Å². The van der Waals surface area contributed by atoms with E-state index >= 15 is 0 Å². The summed E-state index contributed by atoms with van der Waals surface area (Å²) in [5.74, 6) is 2.61. The molecule has 6 nitrogen and oxygen atoms in total. The van der Waals surface area contributed by atoms with Gasteiger partial charge in [0.25, 0.3) is 0 Å². The molecule has 108 valence electrons. The van der Waals surface area contributed by atoms with Gasteiger partial charge in [0, 0.05) is 38.0 Å².